The number of methoxy groups -OCH3 is 1. The molecule has 0 saturated carbocycles. The maximum Gasteiger partial charge on any atom is 0.142 e. The highest BCUT2D eigenvalue weighted by Crippen LogP contribution is 2.31. The first-order valence-corrected chi connectivity index (χ1v) is 7.61. The van der Waals surface area contributed by atoms with Crippen LogP contribution in [0.5, 0.6) is 5.75 Å². The summed E-state index contributed by atoms with van der Waals surface area (Å²) in [6.07, 6.45) is 2.43. The average Bonchev–Trinajstić information content (AvgIpc) is 2.45. The quantitative estimate of drug-likeness (QED) is 0.747. The number of nitrogens with one attached hydrogen (secondary N) is 1. The molecule has 1 aromatic carbocycles. The van der Waals surface area contributed by atoms with Gasteiger partial charge in [0.25, 0.3) is 0 Å². The summed E-state index contributed by atoms with van der Waals surface area (Å²) >= 11 is 0. The number of rotatable bonds is 9. The van der Waals surface area contributed by atoms with Gasteiger partial charge in [-0.25, -0.2) is 0 Å². The fourth-order valence-corrected chi connectivity index (χ4v) is 2.86. The van der Waals surface area contributed by atoms with Crippen molar-refractivity contribution in [2.24, 2.45) is 5.41 Å². The molecule has 0 aliphatic heterocycles. The molecular weight excluding hydrogens is 248 g/mol. The van der Waals surface area contributed by atoms with Crippen LogP contribution in [0.4, 0.5) is 5.69 Å². The topological polar surface area (TPSA) is 24.5 Å². The standard InChI is InChI=1S/C17H30N2O/c1-6-12-17(3,13-18-7-2)14-19(4)15-10-8-9-11-16(15)20-5/h8-11,18H,6-7,12-14H2,1-5H3. The van der Waals surface area contributed by atoms with E-state index in [1.807, 2.05) is 12.1 Å². The Morgan fingerprint density at radius 2 is 1.95 bits per heavy atom. The molecule has 0 radical (unpaired) electrons. The normalized spacial score (nSPS) is 13.8. The Balaban J connectivity index is 2.81. The molecule has 0 aliphatic rings. The number of hydrogen-bond acceptors (Lipinski definition) is 3. The van der Waals surface area contributed by atoms with Crippen molar-refractivity contribution < 1.29 is 4.74 Å². The third-order valence-corrected chi connectivity index (χ3v) is 3.77. The van der Waals surface area contributed by atoms with Gasteiger partial charge in [0, 0.05) is 20.1 Å². The number of anilines is 1. The van der Waals surface area contributed by atoms with Crippen LogP contribution in [-0.4, -0.2) is 33.8 Å². The van der Waals surface area contributed by atoms with Gasteiger partial charge < -0.3 is 15.0 Å². The molecule has 3 nitrogen and oxygen atoms in total. The lowest BCUT2D eigenvalue weighted by Crippen LogP contribution is -2.41. The van der Waals surface area contributed by atoms with Crippen LogP contribution in [0, 0.1) is 5.41 Å². The summed E-state index contributed by atoms with van der Waals surface area (Å²) in [5, 5.41) is 3.50. The zero-order valence-corrected chi connectivity index (χ0v) is 13.7. The monoisotopic (exact) mass is 278 g/mol. The van der Waals surface area contributed by atoms with E-state index in [-0.39, 0.29) is 5.41 Å². The summed E-state index contributed by atoms with van der Waals surface area (Å²) in [5.74, 6) is 0.942. The van der Waals surface area contributed by atoms with Crippen LogP contribution in [0.1, 0.15) is 33.6 Å². The maximum absolute atomic E-state index is 5.46. The Bertz CT molecular complexity index is 394. The van der Waals surface area contributed by atoms with Crippen molar-refractivity contribution in [3.63, 3.8) is 0 Å². The number of benzene rings is 1. The van der Waals surface area contributed by atoms with Gasteiger partial charge in [0.2, 0.25) is 0 Å². The summed E-state index contributed by atoms with van der Waals surface area (Å²) in [7, 11) is 3.88. The lowest BCUT2D eigenvalue weighted by molar-refractivity contribution is 0.285. The fraction of sp³-hybridized carbons (Fsp3) is 0.647. The Labute approximate surface area is 124 Å². The number of hydrogen-bond donors (Lipinski definition) is 1. The smallest absolute Gasteiger partial charge is 0.142 e. The lowest BCUT2D eigenvalue weighted by Gasteiger charge is -2.35. The van der Waals surface area contributed by atoms with Crippen molar-refractivity contribution in [1.29, 1.82) is 0 Å². The van der Waals surface area contributed by atoms with Gasteiger partial charge in [-0.05, 0) is 30.5 Å². The molecule has 1 rings (SSSR count). The van der Waals surface area contributed by atoms with Gasteiger partial charge in [-0.15, -0.1) is 0 Å². The molecule has 0 heterocycles. The Kier molecular flexibility index (Phi) is 6.86. The minimum atomic E-state index is 0.278. The summed E-state index contributed by atoms with van der Waals surface area (Å²) in [5.41, 5.74) is 1.44. The van der Waals surface area contributed by atoms with E-state index < -0.39 is 0 Å². The molecule has 0 aromatic heterocycles. The van der Waals surface area contributed by atoms with E-state index in [9.17, 15) is 0 Å². The second-order valence-electron chi connectivity index (χ2n) is 5.87. The molecule has 0 fully saturated rings. The van der Waals surface area contributed by atoms with E-state index in [1.165, 1.54) is 12.8 Å². The summed E-state index contributed by atoms with van der Waals surface area (Å²) in [6.45, 7) is 9.89. The van der Waals surface area contributed by atoms with Crippen LogP contribution in [0.3, 0.4) is 0 Å². The van der Waals surface area contributed by atoms with E-state index in [0.29, 0.717) is 0 Å². The van der Waals surface area contributed by atoms with Crippen molar-refractivity contribution >= 4 is 5.69 Å². The van der Waals surface area contributed by atoms with Crippen molar-refractivity contribution in [3.8, 4) is 5.75 Å². The minimum absolute atomic E-state index is 0.278. The summed E-state index contributed by atoms with van der Waals surface area (Å²) in [4.78, 5) is 2.31. The third kappa shape index (κ3) is 4.71. The van der Waals surface area contributed by atoms with Gasteiger partial charge in [-0.3, -0.25) is 0 Å². The fourth-order valence-electron chi connectivity index (χ4n) is 2.86. The van der Waals surface area contributed by atoms with Crippen LogP contribution in [0.2, 0.25) is 0 Å². The molecule has 0 spiro atoms. The molecule has 1 N–H and O–H groups in total. The van der Waals surface area contributed by atoms with Crippen LogP contribution < -0.4 is 15.0 Å². The van der Waals surface area contributed by atoms with Gasteiger partial charge in [-0.2, -0.15) is 0 Å². The summed E-state index contributed by atoms with van der Waals surface area (Å²) in [6, 6.07) is 8.22. The highest BCUT2D eigenvalue weighted by atomic mass is 16.5. The van der Waals surface area contributed by atoms with E-state index in [2.05, 4.69) is 50.2 Å². The van der Waals surface area contributed by atoms with E-state index in [1.54, 1.807) is 7.11 Å². The molecule has 0 bridgehead atoms. The van der Waals surface area contributed by atoms with Gasteiger partial charge >= 0.3 is 0 Å². The zero-order chi connectivity index (χ0) is 15.0. The lowest BCUT2D eigenvalue weighted by atomic mass is 9.84. The van der Waals surface area contributed by atoms with E-state index in [0.717, 1.165) is 31.1 Å². The van der Waals surface area contributed by atoms with Gasteiger partial charge in [0.15, 0.2) is 0 Å². The number of ether oxygens (including phenoxy) is 1. The van der Waals surface area contributed by atoms with Crippen LogP contribution in [0.25, 0.3) is 0 Å². The van der Waals surface area contributed by atoms with E-state index >= 15 is 0 Å². The molecule has 3 heteroatoms. The van der Waals surface area contributed by atoms with Crippen LogP contribution >= 0.6 is 0 Å². The molecule has 114 valence electrons. The first-order valence-electron chi connectivity index (χ1n) is 7.61. The van der Waals surface area contributed by atoms with E-state index in [4.69, 9.17) is 4.74 Å². The Morgan fingerprint density at radius 1 is 1.25 bits per heavy atom. The predicted molar refractivity (Wildman–Crippen MR) is 87.8 cm³/mol. The van der Waals surface area contributed by atoms with Crippen LogP contribution in [-0.2, 0) is 0 Å². The highest BCUT2D eigenvalue weighted by molar-refractivity contribution is 5.57. The zero-order valence-electron chi connectivity index (χ0n) is 13.7. The van der Waals surface area contributed by atoms with Gasteiger partial charge in [0.1, 0.15) is 5.75 Å². The molecule has 1 unspecified atom stereocenters. The molecular formula is C17H30N2O. The molecule has 1 aromatic rings. The predicted octanol–water partition coefficient (Wildman–Crippen LogP) is 3.55. The number of para-hydroxylation sites is 2. The first kappa shape index (κ1) is 16.8. The molecule has 20 heavy (non-hydrogen) atoms. The van der Waals surface area contributed by atoms with Crippen molar-refractivity contribution in [3.05, 3.63) is 24.3 Å². The Morgan fingerprint density at radius 3 is 2.55 bits per heavy atom. The first-order chi connectivity index (χ1) is 9.56. The Hall–Kier alpha value is -1.22. The molecule has 0 saturated heterocycles. The van der Waals surface area contributed by atoms with Crippen LogP contribution in [0.15, 0.2) is 24.3 Å². The third-order valence-electron chi connectivity index (χ3n) is 3.77. The van der Waals surface area contributed by atoms with Gasteiger partial charge in [0.05, 0.1) is 12.8 Å². The minimum Gasteiger partial charge on any atom is -0.495 e. The SMILES string of the molecule is CCCC(C)(CNCC)CN(C)c1ccccc1OC. The molecule has 1 atom stereocenters. The highest BCUT2D eigenvalue weighted by Gasteiger charge is 2.25. The van der Waals surface area contributed by atoms with Crippen molar-refractivity contribution in [2.45, 2.75) is 33.6 Å². The second kappa shape index (κ2) is 8.15. The van der Waals surface area contributed by atoms with Gasteiger partial charge in [-0.1, -0.05) is 39.3 Å². The average molecular weight is 278 g/mol. The molecule has 0 aliphatic carbocycles. The molecule has 0 amide bonds. The number of nitrogens with zero attached hydrogens (tertiary/aromatic N) is 1. The second-order valence-corrected chi connectivity index (χ2v) is 5.87. The van der Waals surface area contributed by atoms with Crippen molar-refractivity contribution in [2.75, 3.05) is 38.7 Å². The maximum atomic E-state index is 5.46. The summed E-state index contributed by atoms with van der Waals surface area (Å²) < 4.78 is 5.46. The van der Waals surface area contributed by atoms with Crippen molar-refractivity contribution in [1.82, 2.24) is 5.32 Å². The largest absolute Gasteiger partial charge is 0.495 e.